The summed E-state index contributed by atoms with van der Waals surface area (Å²) in [6, 6.07) is 13.2. The van der Waals surface area contributed by atoms with E-state index in [1.54, 1.807) is 37.6 Å². The van der Waals surface area contributed by atoms with E-state index in [2.05, 4.69) is 16.0 Å². The van der Waals surface area contributed by atoms with Gasteiger partial charge in [-0.3, -0.25) is 4.90 Å². The minimum Gasteiger partial charge on any atom is -0.465 e. The number of rotatable bonds is 8. The maximum atomic E-state index is 15.3. The van der Waals surface area contributed by atoms with Crippen LogP contribution in [0.3, 0.4) is 0 Å². The highest BCUT2D eigenvalue weighted by Gasteiger charge is 2.58. The molecule has 8 rings (SSSR count). The van der Waals surface area contributed by atoms with Crippen LogP contribution in [0, 0.1) is 23.5 Å². The Bertz CT molecular complexity index is 2050. The lowest BCUT2D eigenvalue weighted by Gasteiger charge is -2.24. The van der Waals surface area contributed by atoms with Gasteiger partial charge in [-0.25, -0.2) is 23.5 Å². The van der Waals surface area contributed by atoms with Gasteiger partial charge in [0.15, 0.2) is 17.3 Å². The van der Waals surface area contributed by atoms with Crippen LogP contribution in [-0.2, 0) is 30.2 Å². The number of fused-ring (bicyclic) bond motifs is 3. The number of nitrogens with zero attached hydrogens (tertiary/aromatic N) is 5. The number of hydrogen-bond acceptors (Lipinski definition) is 7. The predicted molar refractivity (Wildman–Crippen MR) is 169 cm³/mol. The number of ether oxygens (including phenoxy) is 3. The molecule has 0 spiro atoms. The van der Waals surface area contributed by atoms with Crippen molar-refractivity contribution in [2.75, 3.05) is 20.2 Å². The summed E-state index contributed by atoms with van der Waals surface area (Å²) in [6.45, 7) is 7.09. The lowest BCUT2D eigenvalue weighted by Crippen LogP contribution is -2.32. The molecule has 1 saturated carbocycles. The summed E-state index contributed by atoms with van der Waals surface area (Å²) in [6.07, 6.45) is 3.57. The summed E-state index contributed by atoms with van der Waals surface area (Å²) in [5, 5.41) is 0.306. The van der Waals surface area contributed by atoms with E-state index in [0.29, 0.717) is 52.8 Å². The number of piperidine rings is 1. The summed E-state index contributed by atoms with van der Waals surface area (Å²) < 4.78 is 51.7. The number of imidazole rings is 2. The Kier molecular flexibility index (Phi) is 7.03. The molecule has 12 heteroatoms. The number of benzene rings is 3. The molecule has 2 aromatic heterocycles. The number of carbonyl (C=O) groups excluding carboxylic acids is 1. The average molecular weight is 660 g/mol. The van der Waals surface area contributed by atoms with Crippen molar-refractivity contribution in [3.63, 3.8) is 0 Å². The van der Waals surface area contributed by atoms with Crippen molar-refractivity contribution in [3.8, 4) is 11.5 Å². The van der Waals surface area contributed by atoms with Gasteiger partial charge in [-0.1, -0.05) is 23.7 Å². The first-order valence-electron chi connectivity index (χ1n) is 15.6. The smallest absolute Gasteiger partial charge is 0.338 e. The highest BCUT2D eigenvalue weighted by Crippen LogP contribution is 2.62. The van der Waals surface area contributed by atoms with Crippen LogP contribution in [0.15, 0.2) is 61.1 Å². The number of likely N-dealkylation sites (tertiary alicyclic amines) is 1. The molecule has 1 saturated heterocycles. The fourth-order valence-electron chi connectivity index (χ4n) is 7.47. The zero-order valence-corrected chi connectivity index (χ0v) is 26.8. The Balaban J connectivity index is 1.04. The third-order valence-electron chi connectivity index (χ3n) is 9.79. The van der Waals surface area contributed by atoms with Crippen molar-refractivity contribution in [2.45, 2.75) is 45.2 Å². The topological polar surface area (TPSA) is 83.6 Å². The van der Waals surface area contributed by atoms with Gasteiger partial charge in [-0.2, -0.15) is 0 Å². The van der Waals surface area contributed by atoms with Crippen molar-refractivity contribution in [3.05, 3.63) is 106 Å². The highest BCUT2D eigenvalue weighted by atomic mass is 35.5. The van der Waals surface area contributed by atoms with Crippen molar-refractivity contribution >= 4 is 28.6 Å². The van der Waals surface area contributed by atoms with Crippen LogP contribution >= 0.6 is 11.6 Å². The first-order valence-corrected chi connectivity index (χ1v) is 16.0. The van der Waals surface area contributed by atoms with E-state index in [1.807, 2.05) is 28.2 Å². The first-order chi connectivity index (χ1) is 22.7. The SMILES string of the molecule is CCn1cncc1Cn1c(CN2C[C@@H]3C(c4cccc5c4O[C@](C)(c4ccc(Cl)cc4F)O5)[C@@H]3C2)nc2c(F)cc(C(=O)OC)cc21. The second-order valence-electron chi connectivity index (χ2n) is 12.6. The van der Waals surface area contributed by atoms with Gasteiger partial charge in [0.05, 0.1) is 48.9 Å². The third-order valence-corrected chi connectivity index (χ3v) is 10.0. The molecule has 1 aliphatic carbocycles. The molecule has 1 unspecified atom stereocenters. The third kappa shape index (κ3) is 4.94. The van der Waals surface area contributed by atoms with Gasteiger partial charge in [0.2, 0.25) is 0 Å². The number of carbonyl (C=O) groups is 1. The molecule has 47 heavy (non-hydrogen) atoms. The van der Waals surface area contributed by atoms with Crippen LogP contribution in [0.25, 0.3) is 11.0 Å². The van der Waals surface area contributed by atoms with Gasteiger partial charge in [0.1, 0.15) is 17.2 Å². The van der Waals surface area contributed by atoms with E-state index >= 15 is 4.39 Å². The van der Waals surface area contributed by atoms with Crippen LogP contribution in [-0.4, -0.2) is 50.2 Å². The molecule has 0 bridgehead atoms. The number of hydrogen-bond donors (Lipinski definition) is 0. The molecule has 4 heterocycles. The van der Waals surface area contributed by atoms with E-state index in [1.165, 1.54) is 19.2 Å². The van der Waals surface area contributed by atoms with E-state index < -0.39 is 23.4 Å². The molecule has 3 aliphatic rings. The normalized spacial score (nSPS) is 23.0. The van der Waals surface area contributed by atoms with Crippen LogP contribution in [0.4, 0.5) is 8.78 Å². The zero-order chi connectivity index (χ0) is 32.6. The van der Waals surface area contributed by atoms with Gasteiger partial charge in [0.25, 0.3) is 5.79 Å². The Morgan fingerprint density at radius 1 is 1.09 bits per heavy atom. The van der Waals surface area contributed by atoms with Crippen LogP contribution in [0.1, 0.15) is 52.8 Å². The van der Waals surface area contributed by atoms with E-state index in [9.17, 15) is 9.18 Å². The predicted octanol–water partition coefficient (Wildman–Crippen LogP) is 6.51. The van der Waals surface area contributed by atoms with Crippen molar-refractivity contribution in [1.29, 1.82) is 0 Å². The summed E-state index contributed by atoms with van der Waals surface area (Å²) in [4.78, 5) is 23.7. The lowest BCUT2D eigenvalue weighted by atomic mass is 10.0. The van der Waals surface area contributed by atoms with E-state index in [4.69, 9.17) is 30.8 Å². The molecule has 0 amide bonds. The molecule has 3 aromatic carbocycles. The molecule has 4 atom stereocenters. The van der Waals surface area contributed by atoms with Gasteiger partial charge in [-0.05, 0) is 61.1 Å². The maximum absolute atomic E-state index is 15.3. The summed E-state index contributed by atoms with van der Waals surface area (Å²) in [5.74, 6) is 0.0547. The second kappa shape index (κ2) is 11.1. The molecule has 5 aromatic rings. The quantitative estimate of drug-likeness (QED) is 0.176. The molecule has 2 aliphatic heterocycles. The first kappa shape index (κ1) is 29.9. The fourth-order valence-corrected chi connectivity index (χ4v) is 7.63. The lowest BCUT2D eigenvalue weighted by molar-refractivity contribution is -0.0710. The van der Waals surface area contributed by atoms with Crippen LogP contribution < -0.4 is 9.47 Å². The number of halogens is 3. The van der Waals surface area contributed by atoms with Gasteiger partial charge in [-0.15, -0.1) is 0 Å². The maximum Gasteiger partial charge on any atom is 0.338 e. The van der Waals surface area contributed by atoms with Gasteiger partial charge >= 0.3 is 5.97 Å². The van der Waals surface area contributed by atoms with Gasteiger partial charge < -0.3 is 23.3 Å². The fraction of sp³-hybridized carbons (Fsp3) is 0.343. The van der Waals surface area contributed by atoms with E-state index in [-0.39, 0.29) is 22.6 Å². The average Bonchev–Trinajstić information content (AvgIpc) is 3.53. The standard InChI is InChI=1S/C35H32ClF2N5O4/c1-4-42-18-39-13-21(42)14-43-28-11-19(34(44)45-3)10-27(38)32(28)40-30(43)17-41-15-23-24(16-41)31(23)22-6-5-7-29-33(22)47-35(2,46-29)25-9-8-20(36)12-26(25)37/h5-13,18,23-24,31H,4,14-17H2,1-3H3/t23-,24+,31?,35-/m1/s1. The Labute approximate surface area is 274 Å². The Hall–Kier alpha value is -4.48. The largest absolute Gasteiger partial charge is 0.465 e. The van der Waals surface area contributed by atoms with Crippen molar-refractivity contribution in [1.82, 2.24) is 24.0 Å². The van der Waals surface area contributed by atoms with Gasteiger partial charge in [0, 0.05) is 43.3 Å². The molecule has 242 valence electrons. The Morgan fingerprint density at radius 2 is 1.89 bits per heavy atom. The number of para-hydroxylation sites is 1. The monoisotopic (exact) mass is 659 g/mol. The number of esters is 1. The minimum absolute atomic E-state index is 0.135. The van der Waals surface area contributed by atoms with Crippen LogP contribution in [0.2, 0.25) is 5.02 Å². The molecular formula is C35H32ClF2N5O4. The highest BCUT2D eigenvalue weighted by molar-refractivity contribution is 6.30. The molecule has 2 fully saturated rings. The summed E-state index contributed by atoms with van der Waals surface area (Å²) in [7, 11) is 1.28. The van der Waals surface area contributed by atoms with Crippen molar-refractivity contribution in [2.24, 2.45) is 11.8 Å². The number of aryl methyl sites for hydroxylation is 1. The molecule has 0 N–H and O–H groups in total. The second-order valence-corrected chi connectivity index (χ2v) is 13.0. The summed E-state index contributed by atoms with van der Waals surface area (Å²) in [5.41, 5.74) is 3.18. The molecule has 0 radical (unpaired) electrons. The molecule has 9 nitrogen and oxygen atoms in total. The zero-order valence-electron chi connectivity index (χ0n) is 26.0. The van der Waals surface area contributed by atoms with Crippen molar-refractivity contribution < 1.29 is 27.8 Å². The Morgan fingerprint density at radius 3 is 2.64 bits per heavy atom. The number of aromatic nitrogens is 4. The van der Waals surface area contributed by atoms with E-state index in [0.717, 1.165) is 30.9 Å². The minimum atomic E-state index is -1.31. The van der Waals surface area contributed by atoms with Crippen LogP contribution in [0.5, 0.6) is 11.5 Å². The number of methoxy groups -OCH3 is 1. The summed E-state index contributed by atoms with van der Waals surface area (Å²) >= 11 is 5.99. The molecular weight excluding hydrogens is 628 g/mol.